The Bertz CT molecular complexity index is 314. The van der Waals surface area contributed by atoms with Crippen molar-refractivity contribution < 1.29 is 4.79 Å². The minimum absolute atomic E-state index is 0.0247. The Morgan fingerprint density at radius 2 is 2.33 bits per heavy atom. The maximum absolute atomic E-state index is 11.7. The lowest BCUT2D eigenvalue weighted by Crippen LogP contribution is -2.40. The predicted octanol–water partition coefficient (Wildman–Crippen LogP) is 1.67. The van der Waals surface area contributed by atoms with E-state index in [0.29, 0.717) is 0 Å². The first kappa shape index (κ1) is 10.0. The number of nitrogens with zero attached hydrogens (tertiary/aromatic N) is 2. The molecule has 1 aromatic rings. The molecule has 0 saturated carbocycles. The third-order valence-corrected chi connectivity index (χ3v) is 2.82. The number of amides is 2. The smallest absolute Gasteiger partial charge is 0.321 e. The number of likely N-dealkylation sites (tertiary alicyclic amines) is 1. The summed E-state index contributed by atoms with van der Waals surface area (Å²) in [6.45, 7) is 3.93. The molecule has 0 bridgehead atoms. The monoisotopic (exact) mass is 208 g/mol. The van der Waals surface area contributed by atoms with Gasteiger partial charge in [0.05, 0.1) is 11.9 Å². The molecule has 1 fully saturated rings. The van der Waals surface area contributed by atoms with Crippen molar-refractivity contribution in [1.82, 2.24) is 15.1 Å². The summed E-state index contributed by atoms with van der Waals surface area (Å²) in [5.74, 6) is 0.739. The van der Waals surface area contributed by atoms with Gasteiger partial charge in [0.1, 0.15) is 0 Å². The largest absolute Gasteiger partial charge is 0.325 e. The first-order valence-electron chi connectivity index (χ1n) is 5.30. The quantitative estimate of drug-likeness (QED) is 0.737. The number of rotatable bonds is 1. The number of carbonyl (C=O) groups is 1. The summed E-state index contributed by atoms with van der Waals surface area (Å²) in [6, 6.07) is -0.0247. The van der Waals surface area contributed by atoms with Gasteiger partial charge in [-0.15, -0.1) is 0 Å². The summed E-state index contributed by atoms with van der Waals surface area (Å²) >= 11 is 0. The molecule has 0 atom stereocenters. The Morgan fingerprint density at radius 1 is 1.60 bits per heavy atom. The van der Waals surface area contributed by atoms with Crippen molar-refractivity contribution in [2.45, 2.75) is 19.8 Å². The molecule has 1 aliphatic heterocycles. The third-order valence-electron chi connectivity index (χ3n) is 2.82. The van der Waals surface area contributed by atoms with Gasteiger partial charge in [-0.2, -0.15) is 5.10 Å². The van der Waals surface area contributed by atoms with E-state index in [4.69, 9.17) is 0 Å². The molecule has 2 rings (SSSR count). The maximum Gasteiger partial charge on any atom is 0.321 e. The summed E-state index contributed by atoms with van der Waals surface area (Å²) in [6.07, 6.45) is 5.46. The zero-order valence-corrected chi connectivity index (χ0v) is 8.86. The number of hydrogen-bond donors (Lipinski definition) is 2. The van der Waals surface area contributed by atoms with Crippen LogP contribution in [0.5, 0.6) is 0 Å². The molecule has 0 unspecified atom stereocenters. The average Bonchev–Trinajstić information content (AvgIpc) is 2.71. The molecular formula is C10H16N4O. The van der Waals surface area contributed by atoms with Gasteiger partial charge in [-0.1, -0.05) is 6.92 Å². The van der Waals surface area contributed by atoms with Gasteiger partial charge in [-0.3, -0.25) is 5.10 Å². The number of H-pyrrole nitrogens is 1. The van der Waals surface area contributed by atoms with Crippen LogP contribution in [0.2, 0.25) is 0 Å². The van der Waals surface area contributed by atoms with E-state index >= 15 is 0 Å². The molecule has 2 heterocycles. The van der Waals surface area contributed by atoms with Crippen molar-refractivity contribution in [3.05, 3.63) is 12.4 Å². The number of anilines is 1. The minimum atomic E-state index is -0.0247. The highest BCUT2D eigenvalue weighted by atomic mass is 16.2. The zero-order chi connectivity index (χ0) is 10.7. The summed E-state index contributed by atoms with van der Waals surface area (Å²) in [7, 11) is 0. The van der Waals surface area contributed by atoms with Gasteiger partial charge in [0.2, 0.25) is 0 Å². The van der Waals surface area contributed by atoms with Crippen molar-refractivity contribution in [2.75, 3.05) is 18.4 Å². The second-order valence-corrected chi connectivity index (χ2v) is 4.09. The van der Waals surface area contributed by atoms with Crippen molar-refractivity contribution in [2.24, 2.45) is 5.92 Å². The Morgan fingerprint density at radius 3 is 2.93 bits per heavy atom. The lowest BCUT2D eigenvalue weighted by molar-refractivity contribution is 0.186. The molecule has 0 spiro atoms. The molecule has 2 amide bonds. The van der Waals surface area contributed by atoms with Gasteiger partial charge < -0.3 is 10.2 Å². The van der Waals surface area contributed by atoms with Crippen LogP contribution in [0.15, 0.2) is 12.4 Å². The number of nitrogens with one attached hydrogen (secondary N) is 2. The van der Waals surface area contributed by atoms with E-state index in [1.165, 1.54) is 0 Å². The Kier molecular flexibility index (Phi) is 2.89. The molecule has 2 N–H and O–H groups in total. The Hall–Kier alpha value is -1.52. The molecule has 15 heavy (non-hydrogen) atoms. The standard InChI is InChI=1S/C10H16N4O/c1-8-2-4-14(5-3-8)10(15)13-9-6-11-12-7-9/h6-8H,2-5H2,1H3,(H,11,12)(H,13,15). The summed E-state index contributed by atoms with van der Waals surface area (Å²) in [4.78, 5) is 13.6. The summed E-state index contributed by atoms with van der Waals surface area (Å²) in [5.41, 5.74) is 0.721. The van der Waals surface area contributed by atoms with E-state index in [2.05, 4.69) is 22.4 Å². The molecule has 0 aliphatic carbocycles. The van der Waals surface area contributed by atoms with Gasteiger partial charge in [0.15, 0.2) is 0 Å². The average molecular weight is 208 g/mol. The van der Waals surface area contributed by atoms with Crippen molar-refractivity contribution in [1.29, 1.82) is 0 Å². The maximum atomic E-state index is 11.7. The topological polar surface area (TPSA) is 61.0 Å². The number of piperidine rings is 1. The van der Waals surface area contributed by atoms with E-state index in [1.54, 1.807) is 12.4 Å². The summed E-state index contributed by atoms with van der Waals surface area (Å²) < 4.78 is 0. The van der Waals surface area contributed by atoms with E-state index in [0.717, 1.165) is 37.5 Å². The second kappa shape index (κ2) is 4.33. The highest BCUT2D eigenvalue weighted by Gasteiger charge is 2.20. The molecule has 1 aliphatic rings. The number of urea groups is 1. The van der Waals surface area contributed by atoms with Crippen LogP contribution in [-0.4, -0.2) is 34.2 Å². The van der Waals surface area contributed by atoms with Crippen LogP contribution in [0, 0.1) is 5.92 Å². The van der Waals surface area contributed by atoms with E-state index in [-0.39, 0.29) is 6.03 Å². The first-order valence-corrected chi connectivity index (χ1v) is 5.30. The molecule has 1 aromatic heterocycles. The van der Waals surface area contributed by atoms with Crippen LogP contribution in [-0.2, 0) is 0 Å². The number of hydrogen-bond acceptors (Lipinski definition) is 2. The molecule has 5 heteroatoms. The van der Waals surface area contributed by atoms with Gasteiger partial charge in [0.25, 0.3) is 0 Å². The molecular weight excluding hydrogens is 192 g/mol. The van der Waals surface area contributed by atoms with Crippen molar-refractivity contribution in [3.8, 4) is 0 Å². The highest BCUT2D eigenvalue weighted by molar-refractivity contribution is 5.88. The SMILES string of the molecule is CC1CCN(C(=O)Nc2cn[nH]c2)CC1. The second-order valence-electron chi connectivity index (χ2n) is 4.09. The Balaban J connectivity index is 1.86. The van der Waals surface area contributed by atoms with Crippen LogP contribution < -0.4 is 5.32 Å². The summed E-state index contributed by atoms with van der Waals surface area (Å²) in [5, 5.41) is 9.24. The fraction of sp³-hybridized carbons (Fsp3) is 0.600. The van der Waals surface area contributed by atoms with E-state index in [1.807, 2.05) is 4.90 Å². The van der Waals surface area contributed by atoms with E-state index < -0.39 is 0 Å². The molecule has 82 valence electrons. The van der Waals surface area contributed by atoms with Gasteiger partial charge in [0, 0.05) is 19.3 Å². The van der Waals surface area contributed by atoms with Gasteiger partial charge in [-0.05, 0) is 18.8 Å². The van der Waals surface area contributed by atoms with Gasteiger partial charge >= 0.3 is 6.03 Å². The molecule has 0 radical (unpaired) electrons. The van der Waals surface area contributed by atoms with Crippen LogP contribution in [0.1, 0.15) is 19.8 Å². The predicted molar refractivity (Wildman–Crippen MR) is 57.6 cm³/mol. The highest BCUT2D eigenvalue weighted by Crippen LogP contribution is 2.16. The molecule has 1 saturated heterocycles. The normalized spacial score (nSPS) is 17.8. The van der Waals surface area contributed by atoms with Crippen LogP contribution in [0.4, 0.5) is 10.5 Å². The van der Waals surface area contributed by atoms with Crippen LogP contribution >= 0.6 is 0 Å². The number of aromatic nitrogens is 2. The lowest BCUT2D eigenvalue weighted by Gasteiger charge is -2.30. The van der Waals surface area contributed by atoms with Crippen LogP contribution in [0.25, 0.3) is 0 Å². The van der Waals surface area contributed by atoms with Crippen molar-refractivity contribution >= 4 is 11.7 Å². The first-order chi connectivity index (χ1) is 7.25. The number of carbonyl (C=O) groups excluding carboxylic acids is 1. The van der Waals surface area contributed by atoms with E-state index in [9.17, 15) is 4.79 Å². The molecule has 5 nitrogen and oxygen atoms in total. The zero-order valence-electron chi connectivity index (χ0n) is 8.86. The minimum Gasteiger partial charge on any atom is -0.325 e. The fourth-order valence-corrected chi connectivity index (χ4v) is 1.73. The fourth-order valence-electron chi connectivity index (χ4n) is 1.73. The number of aromatic amines is 1. The van der Waals surface area contributed by atoms with Gasteiger partial charge in [-0.25, -0.2) is 4.79 Å². The lowest BCUT2D eigenvalue weighted by atomic mass is 10.00. The third kappa shape index (κ3) is 2.49. The van der Waals surface area contributed by atoms with Crippen LogP contribution in [0.3, 0.4) is 0 Å². The molecule has 0 aromatic carbocycles. The Labute approximate surface area is 88.8 Å². The van der Waals surface area contributed by atoms with Crippen molar-refractivity contribution in [3.63, 3.8) is 0 Å².